The molecule has 0 saturated heterocycles. The summed E-state index contributed by atoms with van der Waals surface area (Å²) in [4.78, 5) is 16.0. The molecule has 1 amide bonds. The lowest BCUT2D eigenvalue weighted by Gasteiger charge is -2.12. The summed E-state index contributed by atoms with van der Waals surface area (Å²) in [5.74, 6) is 0.229. The highest BCUT2D eigenvalue weighted by molar-refractivity contribution is 14.0. The highest BCUT2D eigenvalue weighted by atomic mass is 127. The molecule has 146 valence electrons. The molecule has 2 rings (SSSR count). The van der Waals surface area contributed by atoms with E-state index < -0.39 is 0 Å². The number of carbonyl (C=O) groups is 1. The van der Waals surface area contributed by atoms with Gasteiger partial charge in [-0.2, -0.15) is 0 Å². The van der Waals surface area contributed by atoms with E-state index in [0.717, 1.165) is 13.0 Å². The predicted molar refractivity (Wildman–Crippen MR) is 118 cm³/mol. The Bertz CT molecular complexity index is 725. The van der Waals surface area contributed by atoms with Crippen LogP contribution in [0.15, 0.2) is 59.6 Å². The molecule has 0 radical (unpaired) electrons. The summed E-state index contributed by atoms with van der Waals surface area (Å²) >= 11 is 0. The van der Waals surface area contributed by atoms with Crippen molar-refractivity contribution in [2.45, 2.75) is 12.8 Å². The number of aliphatic imine (C=N–C) groups is 1. The van der Waals surface area contributed by atoms with Crippen LogP contribution in [0.2, 0.25) is 0 Å². The van der Waals surface area contributed by atoms with Gasteiger partial charge in [-0.3, -0.25) is 9.79 Å². The lowest BCUT2D eigenvalue weighted by molar-refractivity contribution is -0.120. The fourth-order valence-corrected chi connectivity index (χ4v) is 2.47. The van der Waals surface area contributed by atoms with Gasteiger partial charge >= 0.3 is 0 Å². The molecule has 5 nitrogen and oxygen atoms in total. The number of carbonyl (C=O) groups excluding carboxylic acids is 1. The van der Waals surface area contributed by atoms with E-state index in [4.69, 9.17) is 0 Å². The maximum absolute atomic E-state index is 13.1. The van der Waals surface area contributed by atoms with Crippen LogP contribution in [0.3, 0.4) is 0 Å². The van der Waals surface area contributed by atoms with Gasteiger partial charge in [0.25, 0.3) is 0 Å². The van der Waals surface area contributed by atoms with Gasteiger partial charge in [0.15, 0.2) is 5.96 Å². The standard InChI is InChI=1S/C20H25FN4O.HI/c1-22-20(24-11-10-16-6-3-2-4-7-16)25-13-12-23-19(26)15-17-8-5-9-18(21)14-17;/h2-9,14H,10-13,15H2,1H3,(H,23,26)(H2,22,24,25);1H. The SMILES string of the molecule is CN=C(NCCNC(=O)Cc1cccc(F)c1)NCCc1ccccc1.I. The summed E-state index contributed by atoms with van der Waals surface area (Å²) in [6.07, 6.45) is 1.08. The van der Waals surface area contributed by atoms with E-state index in [1.165, 1.54) is 17.7 Å². The van der Waals surface area contributed by atoms with E-state index in [1.54, 1.807) is 19.2 Å². The molecule has 0 fully saturated rings. The lowest BCUT2D eigenvalue weighted by Crippen LogP contribution is -2.42. The van der Waals surface area contributed by atoms with Gasteiger partial charge in [-0.1, -0.05) is 42.5 Å². The van der Waals surface area contributed by atoms with E-state index in [0.29, 0.717) is 24.6 Å². The van der Waals surface area contributed by atoms with E-state index in [9.17, 15) is 9.18 Å². The highest BCUT2D eigenvalue weighted by Crippen LogP contribution is 2.03. The molecule has 0 aliphatic carbocycles. The highest BCUT2D eigenvalue weighted by Gasteiger charge is 2.04. The molecule has 0 atom stereocenters. The van der Waals surface area contributed by atoms with Crippen molar-refractivity contribution in [2.24, 2.45) is 4.99 Å². The second-order valence-electron chi connectivity index (χ2n) is 5.82. The zero-order valence-electron chi connectivity index (χ0n) is 15.4. The number of guanidine groups is 1. The van der Waals surface area contributed by atoms with Crippen molar-refractivity contribution >= 4 is 35.8 Å². The first-order valence-electron chi connectivity index (χ1n) is 8.67. The molecular weight excluding hydrogens is 458 g/mol. The molecule has 0 saturated carbocycles. The minimum Gasteiger partial charge on any atom is -0.356 e. The van der Waals surface area contributed by atoms with Crippen molar-refractivity contribution in [2.75, 3.05) is 26.7 Å². The van der Waals surface area contributed by atoms with Crippen molar-refractivity contribution in [3.63, 3.8) is 0 Å². The first-order valence-corrected chi connectivity index (χ1v) is 8.67. The monoisotopic (exact) mass is 484 g/mol. The van der Waals surface area contributed by atoms with Gasteiger partial charge in [0.1, 0.15) is 5.82 Å². The smallest absolute Gasteiger partial charge is 0.224 e. The van der Waals surface area contributed by atoms with Crippen molar-refractivity contribution in [1.82, 2.24) is 16.0 Å². The minimum absolute atomic E-state index is 0. The maximum atomic E-state index is 13.1. The van der Waals surface area contributed by atoms with Gasteiger partial charge in [0, 0.05) is 26.7 Å². The number of hydrogen-bond donors (Lipinski definition) is 3. The van der Waals surface area contributed by atoms with Crippen molar-refractivity contribution < 1.29 is 9.18 Å². The first-order chi connectivity index (χ1) is 12.7. The van der Waals surface area contributed by atoms with Crippen molar-refractivity contribution in [3.05, 3.63) is 71.5 Å². The van der Waals surface area contributed by atoms with Crippen LogP contribution in [0.25, 0.3) is 0 Å². The quantitative estimate of drug-likeness (QED) is 0.234. The number of rotatable bonds is 8. The van der Waals surface area contributed by atoms with Crippen LogP contribution in [0.4, 0.5) is 4.39 Å². The molecule has 0 aromatic heterocycles. The third kappa shape index (κ3) is 9.37. The molecule has 2 aromatic carbocycles. The Kier molecular flexibility index (Phi) is 11.1. The average Bonchev–Trinajstić information content (AvgIpc) is 2.64. The summed E-state index contributed by atoms with van der Waals surface area (Å²) in [5.41, 5.74) is 1.92. The van der Waals surface area contributed by atoms with Crippen LogP contribution in [0, 0.1) is 5.82 Å². The molecule has 0 bridgehead atoms. The summed E-state index contributed by atoms with van der Waals surface area (Å²) < 4.78 is 13.1. The molecule has 27 heavy (non-hydrogen) atoms. The number of hydrogen-bond acceptors (Lipinski definition) is 2. The van der Waals surface area contributed by atoms with E-state index in [2.05, 4.69) is 33.1 Å². The molecule has 0 aliphatic rings. The maximum Gasteiger partial charge on any atom is 0.224 e. The number of benzene rings is 2. The van der Waals surface area contributed by atoms with E-state index in [1.807, 2.05) is 18.2 Å². The summed E-state index contributed by atoms with van der Waals surface area (Å²) in [5, 5.41) is 9.19. The average molecular weight is 484 g/mol. The Labute approximate surface area is 176 Å². The Morgan fingerprint density at radius 1 is 0.926 bits per heavy atom. The lowest BCUT2D eigenvalue weighted by atomic mass is 10.1. The summed E-state index contributed by atoms with van der Waals surface area (Å²) in [6, 6.07) is 16.3. The van der Waals surface area contributed by atoms with E-state index >= 15 is 0 Å². The van der Waals surface area contributed by atoms with Gasteiger partial charge in [0.2, 0.25) is 5.91 Å². The van der Waals surface area contributed by atoms with Gasteiger partial charge < -0.3 is 16.0 Å². The Hall–Kier alpha value is -2.16. The van der Waals surface area contributed by atoms with E-state index in [-0.39, 0.29) is 42.1 Å². The Balaban J connectivity index is 0.00000364. The topological polar surface area (TPSA) is 65.5 Å². The molecule has 3 N–H and O–H groups in total. The van der Waals surface area contributed by atoms with Crippen LogP contribution in [-0.4, -0.2) is 38.5 Å². The summed E-state index contributed by atoms with van der Waals surface area (Å²) in [6.45, 7) is 1.79. The zero-order valence-corrected chi connectivity index (χ0v) is 17.7. The third-order valence-corrected chi connectivity index (χ3v) is 3.77. The second kappa shape index (κ2) is 13.1. The van der Waals surface area contributed by atoms with Gasteiger partial charge in [-0.25, -0.2) is 4.39 Å². The van der Waals surface area contributed by atoms with Crippen molar-refractivity contribution in [1.29, 1.82) is 0 Å². The molecule has 0 heterocycles. The van der Waals surface area contributed by atoms with Gasteiger partial charge in [0.05, 0.1) is 6.42 Å². The first kappa shape index (κ1) is 22.9. The van der Waals surface area contributed by atoms with Gasteiger partial charge in [-0.15, -0.1) is 24.0 Å². The normalized spacial score (nSPS) is 10.7. The Morgan fingerprint density at radius 3 is 2.30 bits per heavy atom. The Morgan fingerprint density at radius 2 is 1.59 bits per heavy atom. The minimum atomic E-state index is -0.331. The zero-order chi connectivity index (χ0) is 18.6. The fraction of sp³-hybridized carbons (Fsp3) is 0.300. The van der Waals surface area contributed by atoms with Crippen LogP contribution in [0.1, 0.15) is 11.1 Å². The second-order valence-corrected chi connectivity index (χ2v) is 5.82. The number of halogens is 2. The molecular formula is C20H26FIN4O. The predicted octanol–water partition coefficient (Wildman–Crippen LogP) is 2.51. The van der Waals surface area contributed by atoms with Gasteiger partial charge in [-0.05, 0) is 29.7 Å². The molecule has 0 spiro atoms. The third-order valence-electron chi connectivity index (χ3n) is 3.77. The fourth-order valence-electron chi connectivity index (χ4n) is 2.47. The number of nitrogens with one attached hydrogen (secondary N) is 3. The molecule has 7 heteroatoms. The van der Waals surface area contributed by atoms with Crippen LogP contribution in [0.5, 0.6) is 0 Å². The molecule has 0 unspecified atom stereocenters. The van der Waals surface area contributed by atoms with Crippen LogP contribution in [-0.2, 0) is 17.6 Å². The largest absolute Gasteiger partial charge is 0.356 e. The van der Waals surface area contributed by atoms with Crippen LogP contribution >= 0.6 is 24.0 Å². The van der Waals surface area contributed by atoms with Crippen molar-refractivity contribution in [3.8, 4) is 0 Å². The van der Waals surface area contributed by atoms with Crippen LogP contribution < -0.4 is 16.0 Å². The summed E-state index contributed by atoms with van der Waals surface area (Å²) in [7, 11) is 1.71. The number of nitrogens with zero attached hydrogens (tertiary/aromatic N) is 1. The molecule has 2 aromatic rings. The molecule has 0 aliphatic heterocycles. The number of amides is 1.